The van der Waals surface area contributed by atoms with E-state index in [1.54, 1.807) is 0 Å². The summed E-state index contributed by atoms with van der Waals surface area (Å²) in [6.07, 6.45) is 2.33. The zero-order valence-electron chi connectivity index (χ0n) is 10.8. The van der Waals surface area contributed by atoms with Crippen LogP contribution in [0.1, 0.15) is 35.7 Å². The second-order valence-electron chi connectivity index (χ2n) is 5.29. The van der Waals surface area contributed by atoms with Crippen LogP contribution in [0.15, 0.2) is 18.2 Å². The van der Waals surface area contributed by atoms with Crippen molar-refractivity contribution in [3.8, 4) is 0 Å². The van der Waals surface area contributed by atoms with E-state index in [2.05, 4.69) is 27.9 Å². The molecule has 1 unspecified atom stereocenters. The van der Waals surface area contributed by atoms with E-state index in [1.165, 1.54) is 12.8 Å². The molecule has 0 radical (unpaired) electrons. The van der Waals surface area contributed by atoms with Crippen LogP contribution in [0, 0.1) is 16.4 Å². The van der Waals surface area contributed by atoms with E-state index in [4.69, 9.17) is 5.73 Å². The molecular formula is C14H19IN2O. The van der Waals surface area contributed by atoms with Crippen molar-refractivity contribution in [3.63, 3.8) is 0 Å². The summed E-state index contributed by atoms with van der Waals surface area (Å²) in [6.45, 7) is 4.55. The minimum absolute atomic E-state index is 0.0112. The van der Waals surface area contributed by atoms with Gasteiger partial charge in [0.25, 0.3) is 5.91 Å². The predicted octanol–water partition coefficient (Wildman–Crippen LogP) is 2.46. The molecule has 0 aromatic heterocycles. The van der Waals surface area contributed by atoms with Crippen molar-refractivity contribution in [2.75, 3.05) is 6.54 Å². The van der Waals surface area contributed by atoms with Crippen molar-refractivity contribution in [2.24, 2.45) is 11.7 Å². The van der Waals surface area contributed by atoms with E-state index in [-0.39, 0.29) is 11.4 Å². The first kappa shape index (κ1) is 13.8. The number of amides is 1. The van der Waals surface area contributed by atoms with Gasteiger partial charge in [0.2, 0.25) is 0 Å². The topological polar surface area (TPSA) is 55.1 Å². The smallest absolute Gasteiger partial charge is 0.252 e. The van der Waals surface area contributed by atoms with Crippen LogP contribution in [0.2, 0.25) is 0 Å². The van der Waals surface area contributed by atoms with Gasteiger partial charge in [-0.2, -0.15) is 0 Å². The Hall–Kier alpha value is -0.620. The number of nitrogens with two attached hydrogens (primary N) is 1. The van der Waals surface area contributed by atoms with Crippen LogP contribution < -0.4 is 11.1 Å². The maximum atomic E-state index is 12.4. The average Bonchev–Trinajstić information content (AvgIpc) is 3.16. The lowest BCUT2D eigenvalue weighted by atomic mass is 9.95. The molecule has 0 aliphatic heterocycles. The van der Waals surface area contributed by atoms with E-state index in [1.807, 2.05) is 32.0 Å². The highest BCUT2D eigenvalue weighted by atomic mass is 127. The molecule has 0 heterocycles. The molecule has 1 amide bonds. The van der Waals surface area contributed by atoms with E-state index < -0.39 is 0 Å². The molecule has 1 atom stereocenters. The van der Waals surface area contributed by atoms with Crippen LogP contribution in [0.4, 0.5) is 0 Å². The lowest BCUT2D eigenvalue weighted by molar-refractivity contribution is 0.0897. The van der Waals surface area contributed by atoms with Crippen LogP contribution in [-0.4, -0.2) is 18.0 Å². The fraction of sp³-hybridized carbons (Fsp3) is 0.500. The number of halogens is 1. The van der Waals surface area contributed by atoms with Gasteiger partial charge < -0.3 is 11.1 Å². The molecule has 0 saturated heterocycles. The first-order valence-corrected chi connectivity index (χ1v) is 7.33. The van der Waals surface area contributed by atoms with Gasteiger partial charge in [-0.05, 0) is 66.8 Å². The SMILES string of the molecule is Cc1cccc(C(=O)NC(C)(CN)C2CC2)c1I. The van der Waals surface area contributed by atoms with Crippen LogP contribution in [0.3, 0.4) is 0 Å². The maximum absolute atomic E-state index is 12.4. The van der Waals surface area contributed by atoms with E-state index in [9.17, 15) is 4.79 Å². The van der Waals surface area contributed by atoms with Crippen LogP contribution >= 0.6 is 22.6 Å². The zero-order valence-corrected chi connectivity index (χ0v) is 13.0. The van der Waals surface area contributed by atoms with E-state index >= 15 is 0 Å². The fourth-order valence-electron chi connectivity index (χ4n) is 2.19. The van der Waals surface area contributed by atoms with Gasteiger partial charge in [-0.1, -0.05) is 12.1 Å². The molecule has 1 saturated carbocycles. The maximum Gasteiger partial charge on any atom is 0.252 e. The third-order valence-corrected chi connectivity index (χ3v) is 5.17. The number of carbonyl (C=O) groups excluding carboxylic acids is 1. The first-order chi connectivity index (χ1) is 8.48. The van der Waals surface area contributed by atoms with Crippen molar-refractivity contribution in [2.45, 2.75) is 32.2 Å². The number of aryl methyl sites for hydroxylation is 1. The number of benzene rings is 1. The van der Waals surface area contributed by atoms with Crippen LogP contribution in [0.25, 0.3) is 0 Å². The third kappa shape index (κ3) is 2.69. The third-order valence-electron chi connectivity index (χ3n) is 3.74. The standard InChI is InChI=1S/C14H19IN2O/c1-9-4-3-5-11(12(9)15)13(18)17-14(2,8-16)10-6-7-10/h3-5,10H,6-8,16H2,1-2H3,(H,17,18). The van der Waals surface area contributed by atoms with E-state index in [0.717, 1.165) is 14.7 Å². The van der Waals surface area contributed by atoms with Gasteiger partial charge in [0.05, 0.1) is 11.1 Å². The molecule has 18 heavy (non-hydrogen) atoms. The molecule has 1 aromatic rings. The average molecular weight is 358 g/mol. The summed E-state index contributed by atoms with van der Waals surface area (Å²) in [5.41, 5.74) is 7.44. The van der Waals surface area contributed by atoms with Gasteiger partial charge in [0.15, 0.2) is 0 Å². The molecule has 0 spiro atoms. The summed E-state index contributed by atoms with van der Waals surface area (Å²) < 4.78 is 1.02. The zero-order chi connectivity index (χ0) is 13.3. The van der Waals surface area contributed by atoms with Crippen molar-refractivity contribution in [1.82, 2.24) is 5.32 Å². The Bertz CT molecular complexity index is 471. The summed E-state index contributed by atoms with van der Waals surface area (Å²) in [6, 6.07) is 5.80. The van der Waals surface area contributed by atoms with Gasteiger partial charge in [-0.25, -0.2) is 0 Å². The monoisotopic (exact) mass is 358 g/mol. The summed E-state index contributed by atoms with van der Waals surface area (Å²) in [4.78, 5) is 12.4. The molecule has 3 N–H and O–H groups in total. The fourth-order valence-corrected chi connectivity index (χ4v) is 2.79. The number of rotatable bonds is 4. The van der Waals surface area contributed by atoms with Crippen molar-refractivity contribution in [1.29, 1.82) is 0 Å². The largest absolute Gasteiger partial charge is 0.345 e. The Morgan fingerprint density at radius 3 is 2.78 bits per heavy atom. The summed E-state index contributed by atoms with van der Waals surface area (Å²) >= 11 is 2.22. The van der Waals surface area contributed by atoms with Gasteiger partial charge >= 0.3 is 0 Å². The molecule has 0 bridgehead atoms. The number of hydrogen-bond donors (Lipinski definition) is 2. The van der Waals surface area contributed by atoms with Crippen molar-refractivity contribution >= 4 is 28.5 Å². The molecular weight excluding hydrogens is 339 g/mol. The minimum atomic E-state index is -0.260. The lowest BCUT2D eigenvalue weighted by Crippen LogP contribution is -2.53. The summed E-state index contributed by atoms with van der Waals surface area (Å²) in [7, 11) is 0. The molecule has 3 nitrogen and oxygen atoms in total. The lowest BCUT2D eigenvalue weighted by Gasteiger charge is -2.29. The Kier molecular flexibility index (Phi) is 3.96. The molecule has 1 aliphatic carbocycles. The predicted molar refractivity (Wildman–Crippen MR) is 81.5 cm³/mol. The first-order valence-electron chi connectivity index (χ1n) is 6.25. The Labute approximate surface area is 122 Å². The van der Waals surface area contributed by atoms with Gasteiger partial charge in [-0.15, -0.1) is 0 Å². The van der Waals surface area contributed by atoms with Crippen LogP contribution in [-0.2, 0) is 0 Å². The van der Waals surface area contributed by atoms with Crippen molar-refractivity contribution < 1.29 is 4.79 Å². The highest BCUT2D eigenvalue weighted by Gasteiger charge is 2.41. The number of nitrogens with one attached hydrogen (secondary N) is 1. The number of hydrogen-bond acceptors (Lipinski definition) is 2. The second kappa shape index (κ2) is 5.17. The van der Waals surface area contributed by atoms with Crippen LogP contribution in [0.5, 0.6) is 0 Å². The Morgan fingerprint density at radius 1 is 1.56 bits per heavy atom. The minimum Gasteiger partial charge on any atom is -0.345 e. The molecule has 1 aliphatic rings. The van der Waals surface area contributed by atoms with Gasteiger partial charge in [-0.3, -0.25) is 4.79 Å². The van der Waals surface area contributed by atoms with Gasteiger partial charge in [0.1, 0.15) is 0 Å². The quantitative estimate of drug-likeness (QED) is 0.813. The summed E-state index contributed by atoms with van der Waals surface area (Å²) in [5, 5.41) is 3.12. The highest BCUT2D eigenvalue weighted by Crippen LogP contribution is 2.39. The van der Waals surface area contributed by atoms with Crippen molar-refractivity contribution in [3.05, 3.63) is 32.9 Å². The van der Waals surface area contributed by atoms with Gasteiger partial charge in [0, 0.05) is 10.1 Å². The normalized spacial score (nSPS) is 18.2. The molecule has 1 aromatic carbocycles. The molecule has 1 fully saturated rings. The summed E-state index contributed by atoms with van der Waals surface area (Å²) in [5.74, 6) is 0.525. The molecule has 2 rings (SSSR count). The molecule has 4 heteroatoms. The highest BCUT2D eigenvalue weighted by molar-refractivity contribution is 14.1. The Morgan fingerprint density at radius 2 is 2.22 bits per heavy atom. The second-order valence-corrected chi connectivity index (χ2v) is 6.37. The molecule has 98 valence electrons. The number of carbonyl (C=O) groups is 1. The Balaban J connectivity index is 2.19. The van der Waals surface area contributed by atoms with E-state index in [0.29, 0.717) is 12.5 Å².